The van der Waals surface area contributed by atoms with Crippen LogP contribution in [0.25, 0.3) is 183 Å². The van der Waals surface area contributed by atoms with Gasteiger partial charge in [-0.15, -0.1) is 45.3 Å². The van der Waals surface area contributed by atoms with Crippen LogP contribution in [0.15, 0.2) is 242 Å². The number of halogens is 1. The van der Waals surface area contributed by atoms with Gasteiger partial charge in [0.05, 0.1) is 138 Å². The fraction of sp³-hybridized carbons (Fsp3) is 0.139. The summed E-state index contributed by atoms with van der Waals surface area (Å²) in [6, 6.07) is 54.6. The minimum Gasteiger partial charge on any atom is -0.366 e. The van der Waals surface area contributed by atoms with E-state index in [1.807, 2.05) is 242 Å². The quantitative estimate of drug-likeness (QED) is 0.0310. The molecule has 690 valence electrons. The van der Waals surface area contributed by atoms with Gasteiger partial charge >= 0.3 is 0 Å². The van der Waals surface area contributed by atoms with E-state index in [9.17, 15) is 23.6 Å². The third-order valence-corrected chi connectivity index (χ3v) is 26.6. The lowest BCUT2D eigenvalue weighted by atomic mass is 9.98. The van der Waals surface area contributed by atoms with Gasteiger partial charge in [-0.25, -0.2) is 54.2 Å². The summed E-state index contributed by atoms with van der Waals surface area (Å²) in [6.07, 6.45) is 18.6. The number of rotatable bonds is 21. The number of hydrogen-bond donors (Lipinski definition) is 8. The predicted molar refractivity (Wildman–Crippen MR) is 539 cm³/mol. The van der Waals surface area contributed by atoms with Crippen molar-refractivity contribution < 1.29 is 23.6 Å². The molecular formula is C101H86FN29O4S4. The number of nitrogens with two attached hydrogens (primary N) is 3. The van der Waals surface area contributed by atoms with Crippen molar-refractivity contribution in [1.29, 1.82) is 0 Å². The van der Waals surface area contributed by atoms with Crippen LogP contribution in [0.2, 0.25) is 0 Å². The number of H-pyrrole nitrogens is 5. The Morgan fingerprint density at radius 1 is 0.424 bits per heavy atom. The topological polar surface area (TPSA) is 448 Å². The molecule has 0 aliphatic heterocycles. The van der Waals surface area contributed by atoms with Gasteiger partial charge in [0.25, 0.3) is 11.8 Å². The molecule has 139 heavy (non-hydrogen) atoms. The first kappa shape index (κ1) is 89.7. The van der Waals surface area contributed by atoms with Gasteiger partial charge in [0.15, 0.2) is 11.6 Å². The van der Waals surface area contributed by atoms with Crippen LogP contribution < -0.4 is 17.2 Å². The van der Waals surface area contributed by atoms with Crippen molar-refractivity contribution in [2.24, 2.45) is 45.4 Å². The van der Waals surface area contributed by atoms with E-state index in [1.165, 1.54) is 12.3 Å². The molecule has 1 aliphatic carbocycles. The number of carbonyl (C=O) groups excluding carboxylic acids is 4. The van der Waals surface area contributed by atoms with Crippen molar-refractivity contribution in [2.75, 3.05) is 0 Å². The van der Waals surface area contributed by atoms with Crippen molar-refractivity contribution >= 4 is 115 Å². The van der Waals surface area contributed by atoms with Gasteiger partial charge in [0, 0.05) is 128 Å². The molecule has 0 atom stereocenters. The molecule has 1 fully saturated rings. The van der Waals surface area contributed by atoms with E-state index in [2.05, 4.69) is 98.4 Å². The number of thiazole rings is 4. The van der Waals surface area contributed by atoms with Crippen LogP contribution in [-0.2, 0) is 41.0 Å². The molecule has 23 aromatic rings. The smallest absolute Gasteiger partial charge is 0.284 e. The maximum Gasteiger partial charge on any atom is 0.284 e. The Morgan fingerprint density at radius 2 is 0.885 bits per heavy atom. The molecule has 0 saturated heterocycles. The fourth-order valence-electron chi connectivity index (χ4n) is 16.6. The zero-order valence-electron chi connectivity index (χ0n) is 76.0. The SMILES string of the molecule is CCC(=O)c1ccc(-c2nc(-c3ccc4ncsc4c3)c(-c3ccn(C)n3)[nH]2)cc1.Cc1cc(C(N)=O)cc(C)c1-c1nc(-c2ccc3ncsc3c2)c(-c2ccn(C)n2)[nH]1.Cc1cc(F)cc(CCc2nc(-c3ccc4ncc(C(N)=O)n4c3)c(-c3ccn(C4CC4)n3)[nH]2)c1.Cn1ccc(-c2[nH]c(C(N)=O)nc2-c2ccc3ncsc3c2)n1.Cn1ccc(-c2[nH]cnc2-c2ccc3ncsc3c2)n1. The second kappa shape index (κ2) is 38.0. The highest BCUT2D eigenvalue weighted by Gasteiger charge is 2.29. The molecule has 0 spiro atoms. The summed E-state index contributed by atoms with van der Waals surface area (Å²) in [5, 5.41) is 22.7. The number of ketones is 1. The van der Waals surface area contributed by atoms with Crippen LogP contribution in [0.4, 0.5) is 4.39 Å². The molecule has 33 nitrogen and oxygen atoms in total. The normalized spacial score (nSPS) is 11.8. The summed E-state index contributed by atoms with van der Waals surface area (Å²) >= 11 is 6.40. The number of Topliss-reactive ketones (excluding diaryl/α,β-unsaturated/α-hetero) is 1. The number of hydrogen-bond acceptors (Lipinski definition) is 23. The van der Waals surface area contributed by atoms with Crippen LogP contribution in [0.1, 0.15) is 102 Å². The minimum atomic E-state index is -0.604. The summed E-state index contributed by atoms with van der Waals surface area (Å²) < 4.78 is 29.0. The number of benzene rings is 7. The average molecular weight is 1920 g/mol. The molecular weight excluding hydrogens is 1830 g/mol. The second-order valence-corrected chi connectivity index (χ2v) is 36.9. The number of aryl methyl sites for hydroxylation is 9. The fourth-order valence-corrected chi connectivity index (χ4v) is 19.4. The number of nitrogens with one attached hydrogen (secondary N) is 5. The molecule has 16 heterocycles. The number of primary amides is 3. The molecule has 1 aliphatic rings. The maximum atomic E-state index is 13.9. The number of nitrogens with zero attached hydrogens (tertiary/aromatic N) is 21. The van der Waals surface area contributed by atoms with E-state index in [-0.39, 0.29) is 17.4 Å². The average Bonchev–Trinajstić information content (AvgIpc) is 1.62. The third kappa shape index (κ3) is 19.0. The standard InChI is InChI=1S/C26H24FN7O.C23H20N6OS.C23H19N5OS.C15H12N6OS.C14H11N5S/c1-15-10-16(12-18(27)11-15)2-6-22-30-24(25(31-22)20-8-9-34(32-20)19-4-5-19)17-3-7-23-29-13-21(26(28)35)33(23)14-17;1-12-8-15(22(24)30)9-13(2)19(12)23-26-20(21(27-23)17-6-7-29(3)28-17)14-4-5-16-18(10-14)31-11-25-16;1-3-19(29)14-4-6-15(7-5-14)23-25-21(22(26-23)18-10-11-28(2)27-18)16-8-9-17-20(12-16)30-13-24-17;1-21-5-4-10(20-21)13-12(18-15(19-13)14(16)22)8-2-3-9-11(6-8)23-7-17-9;1-19-5-4-11(18-19)14-13(15-7-16-14)9-2-3-10-12(6-9)20-8-17-10/h3,7-14,19H,2,4-6H2,1H3,(H2,28,35)(H,30,31);4-11H,1-3H3,(H2,24,30)(H,26,27);4-13H,3H2,1-2H3,(H,25,26);2-7H,1H3,(H2,16,22)(H,18,19);2-8H,1H3,(H,15,16). The summed E-state index contributed by atoms with van der Waals surface area (Å²) in [7, 11) is 7.52. The zero-order chi connectivity index (χ0) is 96.0. The minimum absolute atomic E-state index is 0.116. The number of aromatic amines is 5. The van der Waals surface area contributed by atoms with Gasteiger partial charge in [-0.2, -0.15) is 25.5 Å². The van der Waals surface area contributed by atoms with E-state index in [0.717, 1.165) is 201 Å². The first-order chi connectivity index (χ1) is 67.4. The van der Waals surface area contributed by atoms with Crippen molar-refractivity contribution in [3.63, 3.8) is 0 Å². The van der Waals surface area contributed by atoms with Crippen LogP contribution >= 0.6 is 45.3 Å². The van der Waals surface area contributed by atoms with Crippen molar-refractivity contribution in [3.05, 3.63) is 298 Å². The molecule has 0 unspecified atom stereocenters. The van der Waals surface area contributed by atoms with Crippen molar-refractivity contribution in [2.45, 2.75) is 65.8 Å². The number of aromatic nitrogens is 26. The second-order valence-electron chi connectivity index (χ2n) is 33.4. The first-order valence-corrected chi connectivity index (χ1v) is 47.6. The Kier molecular flexibility index (Phi) is 24.5. The third-order valence-electron chi connectivity index (χ3n) is 23.5. The van der Waals surface area contributed by atoms with E-state index in [0.29, 0.717) is 64.9 Å². The highest BCUT2D eigenvalue weighted by atomic mass is 32.1. The molecule has 38 heteroatoms. The van der Waals surface area contributed by atoms with Crippen molar-refractivity contribution in [3.8, 4) is 136 Å². The van der Waals surface area contributed by atoms with Crippen LogP contribution in [0, 0.1) is 26.6 Å². The number of imidazole rings is 6. The van der Waals surface area contributed by atoms with E-state index in [4.69, 9.17) is 37.3 Å². The first-order valence-electron chi connectivity index (χ1n) is 44.1. The number of carbonyl (C=O) groups is 4. The molecule has 11 N–H and O–H groups in total. The summed E-state index contributed by atoms with van der Waals surface area (Å²) in [5.41, 5.74) is 52.2. The summed E-state index contributed by atoms with van der Waals surface area (Å²) in [4.78, 5) is 109. The Balaban J connectivity index is 0.000000108. The van der Waals surface area contributed by atoms with Crippen LogP contribution in [-0.4, -0.2) is 152 Å². The van der Waals surface area contributed by atoms with E-state index in [1.54, 1.807) is 98.5 Å². The highest BCUT2D eigenvalue weighted by Crippen LogP contribution is 2.42. The Labute approximate surface area is 807 Å². The van der Waals surface area contributed by atoms with E-state index >= 15 is 0 Å². The summed E-state index contributed by atoms with van der Waals surface area (Å²) in [5.74, 6) is 0.669. The largest absolute Gasteiger partial charge is 0.366 e. The predicted octanol–water partition coefficient (Wildman–Crippen LogP) is 19.3. The van der Waals surface area contributed by atoms with Gasteiger partial charge in [0.1, 0.15) is 63.1 Å². The molecule has 0 bridgehead atoms. The summed E-state index contributed by atoms with van der Waals surface area (Å²) in [6.45, 7) is 7.67. The van der Waals surface area contributed by atoms with Crippen LogP contribution in [0.3, 0.4) is 0 Å². The molecule has 16 aromatic heterocycles. The Bertz CT molecular complexity index is 8530. The number of pyridine rings is 1. The zero-order valence-corrected chi connectivity index (χ0v) is 79.2. The lowest BCUT2D eigenvalue weighted by Gasteiger charge is -2.09. The molecule has 7 aromatic carbocycles. The van der Waals surface area contributed by atoms with E-state index < -0.39 is 17.7 Å². The van der Waals surface area contributed by atoms with Gasteiger partial charge < -0.3 is 42.1 Å². The van der Waals surface area contributed by atoms with Crippen molar-refractivity contribution in [1.82, 2.24) is 128 Å². The molecule has 0 radical (unpaired) electrons. The Morgan fingerprint density at radius 3 is 1.37 bits per heavy atom. The highest BCUT2D eigenvalue weighted by molar-refractivity contribution is 7.17. The van der Waals surface area contributed by atoms with Gasteiger partial charge in [-0.1, -0.05) is 61.5 Å². The number of amides is 3. The molecule has 24 rings (SSSR count). The molecule has 3 amide bonds. The van der Waals surface area contributed by atoms with Crippen LogP contribution in [0.5, 0.6) is 0 Å². The van der Waals surface area contributed by atoms with Gasteiger partial charge in [0.2, 0.25) is 5.91 Å². The lowest BCUT2D eigenvalue weighted by Crippen LogP contribution is -2.13. The van der Waals surface area contributed by atoms with Gasteiger partial charge in [-0.3, -0.25) is 47.0 Å². The number of fused-ring (bicyclic) bond motifs is 5. The lowest BCUT2D eigenvalue weighted by molar-refractivity contribution is 0.0981. The van der Waals surface area contributed by atoms with Gasteiger partial charge in [-0.05, 0) is 178 Å². The maximum absolute atomic E-state index is 13.9. The Hall–Kier alpha value is -17.1. The monoisotopic (exact) mass is 1920 g/mol. The molecule has 1 saturated carbocycles.